The lowest BCUT2D eigenvalue weighted by molar-refractivity contribution is -0.128. The first-order valence-corrected chi connectivity index (χ1v) is 4.00. The summed E-state index contributed by atoms with van der Waals surface area (Å²) in [6.45, 7) is -0.478. The number of carbonyl (C=O) groups is 1. The fourth-order valence-electron chi connectivity index (χ4n) is 1.00. The molecule has 1 atom stereocenters. The SMILES string of the molecule is COCC(C(=O)NN)N(C)CC(F)F. The summed E-state index contributed by atoms with van der Waals surface area (Å²) in [5.41, 5.74) is 1.90. The second-order valence-corrected chi connectivity index (χ2v) is 2.81. The molecule has 14 heavy (non-hydrogen) atoms. The van der Waals surface area contributed by atoms with Gasteiger partial charge in [0.1, 0.15) is 6.04 Å². The van der Waals surface area contributed by atoms with Crippen LogP contribution in [0, 0.1) is 0 Å². The Labute approximate surface area is 81.2 Å². The fourth-order valence-corrected chi connectivity index (χ4v) is 1.00. The Balaban J connectivity index is 4.24. The molecular formula is C7H15F2N3O2. The summed E-state index contributed by atoms with van der Waals surface area (Å²) in [5, 5.41) is 0. The summed E-state index contributed by atoms with van der Waals surface area (Å²) in [6, 6.07) is -0.793. The van der Waals surface area contributed by atoms with Crippen LogP contribution in [-0.4, -0.2) is 50.6 Å². The summed E-state index contributed by atoms with van der Waals surface area (Å²) in [5.74, 6) is 4.36. The number of hydrogen-bond donors (Lipinski definition) is 2. The number of ether oxygens (including phenoxy) is 1. The highest BCUT2D eigenvalue weighted by Crippen LogP contribution is 2.02. The molecule has 3 N–H and O–H groups in total. The average Bonchev–Trinajstić information content (AvgIpc) is 2.11. The number of methoxy groups -OCH3 is 1. The number of rotatable bonds is 6. The lowest BCUT2D eigenvalue weighted by Crippen LogP contribution is -2.51. The molecule has 0 aliphatic rings. The number of hydrogen-bond acceptors (Lipinski definition) is 4. The van der Waals surface area contributed by atoms with Gasteiger partial charge in [0.15, 0.2) is 0 Å². The number of likely N-dealkylation sites (N-methyl/N-ethyl adjacent to an activating group) is 1. The molecule has 0 aromatic heterocycles. The molecule has 1 amide bonds. The van der Waals surface area contributed by atoms with Gasteiger partial charge in [-0.3, -0.25) is 15.1 Å². The molecule has 0 spiro atoms. The molecule has 0 aromatic carbocycles. The number of halogens is 2. The fraction of sp³-hybridized carbons (Fsp3) is 0.857. The number of nitrogens with zero attached hydrogens (tertiary/aromatic N) is 1. The number of amides is 1. The van der Waals surface area contributed by atoms with E-state index in [0.717, 1.165) is 0 Å². The van der Waals surface area contributed by atoms with Gasteiger partial charge in [-0.25, -0.2) is 14.6 Å². The Morgan fingerprint density at radius 1 is 1.64 bits per heavy atom. The maximum absolute atomic E-state index is 12.0. The van der Waals surface area contributed by atoms with E-state index in [1.165, 1.54) is 19.1 Å². The van der Waals surface area contributed by atoms with E-state index in [-0.39, 0.29) is 6.61 Å². The Kier molecular flexibility index (Phi) is 6.26. The van der Waals surface area contributed by atoms with Crippen molar-refractivity contribution in [3.8, 4) is 0 Å². The molecule has 7 heteroatoms. The zero-order valence-electron chi connectivity index (χ0n) is 8.17. The Morgan fingerprint density at radius 2 is 2.21 bits per heavy atom. The second kappa shape index (κ2) is 6.63. The third-order valence-corrected chi connectivity index (χ3v) is 1.73. The van der Waals surface area contributed by atoms with Crippen molar-refractivity contribution in [1.29, 1.82) is 0 Å². The third-order valence-electron chi connectivity index (χ3n) is 1.73. The largest absolute Gasteiger partial charge is 0.383 e. The van der Waals surface area contributed by atoms with Gasteiger partial charge in [0, 0.05) is 7.11 Å². The normalized spacial score (nSPS) is 13.4. The van der Waals surface area contributed by atoms with Crippen molar-refractivity contribution < 1.29 is 18.3 Å². The van der Waals surface area contributed by atoms with Crippen LogP contribution in [0.1, 0.15) is 0 Å². The van der Waals surface area contributed by atoms with Gasteiger partial charge in [0.2, 0.25) is 0 Å². The zero-order chi connectivity index (χ0) is 11.1. The van der Waals surface area contributed by atoms with E-state index in [9.17, 15) is 13.6 Å². The van der Waals surface area contributed by atoms with Crippen LogP contribution >= 0.6 is 0 Å². The van der Waals surface area contributed by atoms with Gasteiger partial charge in [-0.15, -0.1) is 0 Å². The minimum Gasteiger partial charge on any atom is -0.383 e. The van der Waals surface area contributed by atoms with Crippen molar-refractivity contribution in [2.24, 2.45) is 5.84 Å². The number of hydrazine groups is 1. The minimum atomic E-state index is -2.50. The lowest BCUT2D eigenvalue weighted by Gasteiger charge is -2.25. The monoisotopic (exact) mass is 211 g/mol. The highest BCUT2D eigenvalue weighted by atomic mass is 19.3. The van der Waals surface area contributed by atoms with E-state index < -0.39 is 24.9 Å². The molecule has 84 valence electrons. The predicted octanol–water partition coefficient (Wildman–Crippen LogP) is -0.812. The van der Waals surface area contributed by atoms with Gasteiger partial charge in [0.05, 0.1) is 13.2 Å². The van der Waals surface area contributed by atoms with Crippen LogP contribution in [0.2, 0.25) is 0 Å². The molecule has 0 aliphatic carbocycles. The van der Waals surface area contributed by atoms with E-state index in [0.29, 0.717) is 0 Å². The van der Waals surface area contributed by atoms with E-state index >= 15 is 0 Å². The molecule has 0 aromatic rings. The molecule has 0 saturated heterocycles. The molecule has 0 fully saturated rings. The molecule has 0 bridgehead atoms. The Hall–Kier alpha value is -0.790. The van der Waals surface area contributed by atoms with Crippen LogP contribution in [0.25, 0.3) is 0 Å². The predicted molar refractivity (Wildman–Crippen MR) is 46.6 cm³/mol. The molecule has 1 unspecified atom stereocenters. The van der Waals surface area contributed by atoms with Crippen molar-refractivity contribution in [1.82, 2.24) is 10.3 Å². The lowest BCUT2D eigenvalue weighted by atomic mass is 10.2. The molecule has 0 rings (SSSR count). The standard InChI is InChI=1S/C7H15F2N3O2/c1-12(3-6(8)9)5(4-14-2)7(13)11-10/h5-6H,3-4,10H2,1-2H3,(H,11,13). The van der Waals surface area contributed by atoms with Crippen LogP contribution in [0.15, 0.2) is 0 Å². The van der Waals surface area contributed by atoms with Crippen LogP contribution in [-0.2, 0) is 9.53 Å². The summed E-state index contributed by atoms with van der Waals surface area (Å²) >= 11 is 0. The highest BCUT2D eigenvalue weighted by molar-refractivity contribution is 5.81. The highest BCUT2D eigenvalue weighted by Gasteiger charge is 2.24. The van der Waals surface area contributed by atoms with E-state index in [1.54, 1.807) is 0 Å². The summed E-state index contributed by atoms with van der Waals surface area (Å²) in [7, 11) is 2.79. The summed E-state index contributed by atoms with van der Waals surface area (Å²) in [6.07, 6.45) is -2.50. The van der Waals surface area contributed by atoms with Crippen molar-refractivity contribution in [3.63, 3.8) is 0 Å². The molecule has 5 nitrogen and oxygen atoms in total. The van der Waals surface area contributed by atoms with Crippen molar-refractivity contribution in [2.45, 2.75) is 12.5 Å². The molecular weight excluding hydrogens is 196 g/mol. The Bertz CT molecular complexity index is 180. The maximum atomic E-state index is 12.0. The second-order valence-electron chi connectivity index (χ2n) is 2.81. The van der Waals surface area contributed by atoms with Gasteiger partial charge in [-0.1, -0.05) is 0 Å². The summed E-state index contributed by atoms with van der Waals surface area (Å²) < 4.78 is 28.7. The smallest absolute Gasteiger partial charge is 0.253 e. The van der Waals surface area contributed by atoms with E-state index in [2.05, 4.69) is 0 Å². The quantitative estimate of drug-likeness (QED) is 0.342. The van der Waals surface area contributed by atoms with Gasteiger partial charge in [0.25, 0.3) is 12.3 Å². The zero-order valence-corrected chi connectivity index (χ0v) is 8.17. The summed E-state index contributed by atoms with van der Waals surface area (Å²) in [4.78, 5) is 12.3. The first-order chi connectivity index (χ1) is 6.52. The molecule has 0 aliphatic heterocycles. The van der Waals surface area contributed by atoms with Crippen LogP contribution in [0.5, 0.6) is 0 Å². The first-order valence-electron chi connectivity index (χ1n) is 4.00. The number of carbonyl (C=O) groups excluding carboxylic acids is 1. The van der Waals surface area contributed by atoms with Crippen molar-refractivity contribution in [3.05, 3.63) is 0 Å². The van der Waals surface area contributed by atoms with E-state index in [1.807, 2.05) is 5.43 Å². The number of alkyl halides is 2. The van der Waals surface area contributed by atoms with Gasteiger partial charge in [-0.2, -0.15) is 0 Å². The third kappa shape index (κ3) is 4.45. The molecule has 0 heterocycles. The number of nitrogens with two attached hydrogens (primary N) is 1. The van der Waals surface area contributed by atoms with Crippen LogP contribution < -0.4 is 11.3 Å². The first kappa shape index (κ1) is 13.2. The van der Waals surface area contributed by atoms with Gasteiger partial charge < -0.3 is 4.74 Å². The number of nitrogens with one attached hydrogen (secondary N) is 1. The minimum absolute atomic E-state index is 0.0201. The Morgan fingerprint density at radius 3 is 2.57 bits per heavy atom. The maximum Gasteiger partial charge on any atom is 0.253 e. The van der Waals surface area contributed by atoms with Crippen LogP contribution in [0.4, 0.5) is 8.78 Å². The van der Waals surface area contributed by atoms with Crippen molar-refractivity contribution >= 4 is 5.91 Å². The topological polar surface area (TPSA) is 67.6 Å². The van der Waals surface area contributed by atoms with E-state index in [4.69, 9.17) is 10.6 Å². The van der Waals surface area contributed by atoms with Gasteiger partial charge >= 0.3 is 0 Å². The van der Waals surface area contributed by atoms with Gasteiger partial charge in [-0.05, 0) is 7.05 Å². The molecule has 0 radical (unpaired) electrons. The average molecular weight is 211 g/mol. The van der Waals surface area contributed by atoms with Crippen LogP contribution in [0.3, 0.4) is 0 Å². The molecule has 0 saturated carbocycles. The van der Waals surface area contributed by atoms with Crippen molar-refractivity contribution in [2.75, 3.05) is 27.3 Å².